The number of hydrogen-bond donors (Lipinski definition) is 1. The van der Waals surface area contributed by atoms with Gasteiger partial charge in [-0.05, 0) is 24.3 Å². The molecule has 0 aliphatic heterocycles. The third kappa shape index (κ3) is 3.40. The normalized spacial score (nSPS) is 11.0. The second-order valence-corrected chi connectivity index (χ2v) is 4.30. The molecule has 0 saturated heterocycles. The molecule has 0 aromatic heterocycles. The average Bonchev–Trinajstić information content (AvgIpc) is 2.46. The molecule has 2 rings (SSSR count). The van der Waals surface area contributed by atoms with Crippen LogP contribution in [0, 0.1) is 10.1 Å². The van der Waals surface area contributed by atoms with Crippen molar-refractivity contribution >= 4 is 17.3 Å². The second-order valence-electron chi connectivity index (χ2n) is 4.30. The van der Waals surface area contributed by atoms with Crippen LogP contribution in [0.1, 0.15) is 15.9 Å². The van der Waals surface area contributed by atoms with E-state index < -0.39 is 22.6 Å². The Hall–Kier alpha value is -2.90. The first kappa shape index (κ1) is 15.5. The topological polar surface area (TPSA) is 72.2 Å². The van der Waals surface area contributed by atoms with Crippen molar-refractivity contribution in [2.24, 2.45) is 0 Å². The molecule has 114 valence electrons. The van der Waals surface area contributed by atoms with Gasteiger partial charge >= 0.3 is 6.18 Å². The van der Waals surface area contributed by atoms with Crippen LogP contribution < -0.4 is 5.32 Å². The fourth-order valence-electron chi connectivity index (χ4n) is 1.77. The van der Waals surface area contributed by atoms with E-state index >= 15 is 0 Å². The number of hydrogen-bond acceptors (Lipinski definition) is 3. The van der Waals surface area contributed by atoms with Crippen LogP contribution in [-0.2, 0) is 6.18 Å². The van der Waals surface area contributed by atoms with E-state index in [1.165, 1.54) is 24.3 Å². The van der Waals surface area contributed by atoms with E-state index in [1.807, 2.05) is 0 Å². The fraction of sp³-hybridized carbons (Fsp3) is 0.0714. The number of nitrogens with one attached hydrogen (secondary N) is 1. The molecule has 2 aromatic carbocycles. The monoisotopic (exact) mass is 310 g/mol. The third-order valence-corrected chi connectivity index (χ3v) is 2.82. The van der Waals surface area contributed by atoms with Gasteiger partial charge in [-0.1, -0.05) is 12.1 Å². The van der Waals surface area contributed by atoms with Crippen molar-refractivity contribution in [1.82, 2.24) is 0 Å². The van der Waals surface area contributed by atoms with E-state index in [4.69, 9.17) is 0 Å². The van der Waals surface area contributed by atoms with Crippen molar-refractivity contribution < 1.29 is 22.9 Å². The summed E-state index contributed by atoms with van der Waals surface area (Å²) in [7, 11) is 0. The highest BCUT2D eigenvalue weighted by Crippen LogP contribution is 2.34. The molecule has 0 spiro atoms. The first-order valence-corrected chi connectivity index (χ1v) is 6.01. The molecule has 2 aromatic rings. The van der Waals surface area contributed by atoms with Crippen molar-refractivity contribution in [3.05, 3.63) is 69.8 Å². The summed E-state index contributed by atoms with van der Waals surface area (Å²) in [5, 5.41) is 12.7. The van der Waals surface area contributed by atoms with Crippen LogP contribution in [0.2, 0.25) is 0 Å². The molecule has 1 N–H and O–H groups in total. The highest BCUT2D eigenvalue weighted by molar-refractivity contribution is 6.04. The molecule has 0 saturated carbocycles. The number of halogens is 3. The largest absolute Gasteiger partial charge is 0.418 e. The number of para-hydroxylation sites is 1. The van der Waals surface area contributed by atoms with E-state index in [0.717, 1.165) is 24.3 Å². The molecule has 8 heteroatoms. The summed E-state index contributed by atoms with van der Waals surface area (Å²) in [5.74, 6) is -0.786. The van der Waals surface area contributed by atoms with Gasteiger partial charge in [0.05, 0.1) is 16.2 Å². The summed E-state index contributed by atoms with van der Waals surface area (Å²) in [6, 6.07) is 9.10. The SMILES string of the molecule is O=C(Nc1ccccc1C(F)(F)F)c1ccc([N+](=O)[O-])cc1. The van der Waals surface area contributed by atoms with Gasteiger partial charge < -0.3 is 5.32 Å². The number of non-ortho nitro benzene ring substituents is 1. The summed E-state index contributed by atoms with van der Waals surface area (Å²) >= 11 is 0. The van der Waals surface area contributed by atoms with Gasteiger partial charge in [-0.2, -0.15) is 13.2 Å². The van der Waals surface area contributed by atoms with Crippen molar-refractivity contribution in [2.75, 3.05) is 5.32 Å². The molecular formula is C14H9F3N2O3. The van der Waals surface area contributed by atoms with Crippen LogP contribution in [-0.4, -0.2) is 10.8 Å². The lowest BCUT2D eigenvalue weighted by molar-refractivity contribution is -0.384. The summed E-state index contributed by atoms with van der Waals surface area (Å²) in [5.41, 5.74) is -1.54. The van der Waals surface area contributed by atoms with Crippen LogP contribution in [0.25, 0.3) is 0 Å². The third-order valence-electron chi connectivity index (χ3n) is 2.82. The van der Waals surface area contributed by atoms with E-state index in [-0.39, 0.29) is 16.9 Å². The summed E-state index contributed by atoms with van der Waals surface area (Å²) in [6.07, 6.45) is -4.60. The van der Waals surface area contributed by atoms with Crippen LogP contribution in [0.3, 0.4) is 0 Å². The van der Waals surface area contributed by atoms with Crippen LogP contribution in [0.15, 0.2) is 48.5 Å². The lowest BCUT2D eigenvalue weighted by atomic mass is 10.1. The first-order chi connectivity index (χ1) is 10.3. The number of carbonyl (C=O) groups is 1. The summed E-state index contributed by atoms with van der Waals surface area (Å²) in [4.78, 5) is 21.8. The maximum absolute atomic E-state index is 12.8. The number of carbonyl (C=O) groups excluding carboxylic acids is 1. The van der Waals surface area contributed by atoms with Crippen LogP contribution in [0.4, 0.5) is 24.5 Å². The average molecular weight is 310 g/mol. The standard InChI is InChI=1S/C14H9F3N2O3/c15-14(16,17)11-3-1-2-4-12(11)18-13(20)9-5-7-10(8-6-9)19(21)22/h1-8H,(H,18,20). The minimum atomic E-state index is -4.60. The Labute approximate surface area is 122 Å². The van der Waals surface area contributed by atoms with Gasteiger partial charge in [0.15, 0.2) is 0 Å². The maximum Gasteiger partial charge on any atom is 0.418 e. The van der Waals surface area contributed by atoms with Crippen molar-refractivity contribution in [2.45, 2.75) is 6.18 Å². The Morgan fingerprint density at radius 3 is 2.18 bits per heavy atom. The zero-order chi connectivity index (χ0) is 16.3. The molecule has 0 radical (unpaired) electrons. The lowest BCUT2D eigenvalue weighted by Gasteiger charge is -2.13. The number of benzene rings is 2. The maximum atomic E-state index is 12.8. The minimum absolute atomic E-state index is 0.0163. The number of rotatable bonds is 3. The Bertz CT molecular complexity index is 712. The smallest absolute Gasteiger partial charge is 0.321 e. The molecule has 1 amide bonds. The number of alkyl halides is 3. The van der Waals surface area contributed by atoms with E-state index in [9.17, 15) is 28.1 Å². The van der Waals surface area contributed by atoms with Gasteiger partial charge in [0.25, 0.3) is 11.6 Å². The predicted molar refractivity (Wildman–Crippen MR) is 72.5 cm³/mol. The zero-order valence-electron chi connectivity index (χ0n) is 10.9. The molecule has 0 bridgehead atoms. The van der Waals surface area contributed by atoms with Gasteiger partial charge in [-0.3, -0.25) is 14.9 Å². The Kier molecular flexibility index (Phi) is 4.11. The highest BCUT2D eigenvalue weighted by atomic mass is 19.4. The first-order valence-electron chi connectivity index (χ1n) is 6.01. The molecule has 0 heterocycles. The van der Waals surface area contributed by atoms with Gasteiger partial charge in [0, 0.05) is 17.7 Å². The van der Waals surface area contributed by atoms with E-state index in [1.54, 1.807) is 0 Å². The molecule has 5 nitrogen and oxygen atoms in total. The Balaban J connectivity index is 2.24. The van der Waals surface area contributed by atoms with E-state index in [2.05, 4.69) is 5.32 Å². The fourth-order valence-corrected chi connectivity index (χ4v) is 1.77. The molecule has 0 aliphatic rings. The molecule has 0 unspecified atom stereocenters. The number of amides is 1. The molecule has 0 atom stereocenters. The summed E-state index contributed by atoms with van der Waals surface area (Å²) < 4.78 is 38.5. The lowest BCUT2D eigenvalue weighted by Crippen LogP contribution is -2.16. The van der Waals surface area contributed by atoms with Crippen molar-refractivity contribution in [3.63, 3.8) is 0 Å². The van der Waals surface area contributed by atoms with Gasteiger partial charge in [-0.25, -0.2) is 0 Å². The quantitative estimate of drug-likeness (QED) is 0.691. The van der Waals surface area contributed by atoms with Crippen molar-refractivity contribution in [3.8, 4) is 0 Å². The molecular weight excluding hydrogens is 301 g/mol. The minimum Gasteiger partial charge on any atom is -0.321 e. The number of anilines is 1. The predicted octanol–water partition coefficient (Wildman–Crippen LogP) is 3.87. The number of nitro benzene ring substituents is 1. The Morgan fingerprint density at radius 2 is 1.64 bits per heavy atom. The van der Waals surface area contributed by atoms with Gasteiger partial charge in [0.1, 0.15) is 0 Å². The number of nitrogens with zero attached hydrogens (tertiary/aromatic N) is 1. The molecule has 0 fully saturated rings. The molecule has 0 aliphatic carbocycles. The van der Waals surface area contributed by atoms with Gasteiger partial charge in [0.2, 0.25) is 0 Å². The Morgan fingerprint density at radius 1 is 1.05 bits per heavy atom. The number of nitro groups is 1. The second kappa shape index (κ2) is 5.84. The highest BCUT2D eigenvalue weighted by Gasteiger charge is 2.33. The van der Waals surface area contributed by atoms with Gasteiger partial charge in [-0.15, -0.1) is 0 Å². The van der Waals surface area contributed by atoms with E-state index in [0.29, 0.717) is 0 Å². The molecule has 22 heavy (non-hydrogen) atoms. The summed E-state index contributed by atoms with van der Waals surface area (Å²) in [6.45, 7) is 0. The van der Waals surface area contributed by atoms with Crippen LogP contribution in [0.5, 0.6) is 0 Å². The van der Waals surface area contributed by atoms with Crippen molar-refractivity contribution in [1.29, 1.82) is 0 Å². The zero-order valence-corrected chi connectivity index (χ0v) is 10.9. The van der Waals surface area contributed by atoms with Crippen LogP contribution >= 0.6 is 0 Å².